The molecule has 0 aliphatic heterocycles. The van der Waals surface area contributed by atoms with E-state index in [2.05, 4.69) is 21.3 Å². The normalized spacial score (nSPS) is 14.4. The topological polar surface area (TPSA) is 79.5 Å². The first kappa shape index (κ1) is 18.3. The standard InChI is InChI=1S/C19H23N3O3S/c1-12(9-13-7-8-26-11-13)20-19(24)22-16-10-14(3-6-17(16)25-2)18(23)21-15-4-5-15/h3,6-8,10-12,15H,4-5,9H2,1-2H3,(H,21,23)(H2,20,22,24). The van der Waals surface area contributed by atoms with Gasteiger partial charge in [0.2, 0.25) is 0 Å². The Morgan fingerprint density at radius 2 is 2.12 bits per heavy atom. The van der Waals surface area contributed by atoms with E-state index < -0.39 is 0 Å². The first-order chi connectivity index (χ1) is 12.5. The van der Waals surface area contributed by atoms with Gasteiger partial charge in [0.05, 0.1) is 12.8 Å². The highest BCUT2D eigenvalue weighted by Crippen LogP contribution is 2.26. The first-order valence-corrected chi connectivity index (χ1v) is 9.57. The van der Waals surface area contributed by atoms with Crippen LogP contribution >= 0.6 is 11.3 Å². The predicted molar refractivity (Wildman–Crippen MR) is 103 cm³/mol. The zero-order valence-corrected chi connectivity index (χ0v) is 15.7. The van der Waals surface area contributed by atoms with Crippen LogP contribution in [0.15, 0.2) is 35.0 Å². The summed E-state index contributed by atoms with van der Waals surface area (Å²) in [6.07, 6.45) is 2.81. The molecule has 0 saturated heterocycles. The van der Waals surface area contributed by atoms with Crippen molar-refractivity contribution in [2.45, 2.75) is 38.3 Å². The molecule has 3 N–H and O–H groups in total. The molecule has 3 amide bonds. The number of hydrogen-bond acceptors (Lipinski definition) is 4. The number of carbonyl (C=O) groups is 2. The molecule has 1 aliphatic rings. The molecule has 1 fully saturated rings. The van der Waals surface area contributed by atoms with Crippen molar-refractivity contribution < 1.29 is 14.3 Å². The summed E-state index contributed by atoms with van der Waals surface area (Å²) in [4.78, 5) is 24.5. The van der Waals surface area contributed by atoms with Crippen molar-refractivity contribution in [1.29, 1.82) is 0 Å². The second-order valence-corrected chi connectivity index (χ2v) is 7.28. The van der Waals surface area contributed by atoms with Crippen LogP contribution in [-0.2, 0) is 6.42 Å². The summed E-state index contributed by atoms with van der Waals surface area (Å²) in [6, 6.07) is 7.00. The smallest absolute Gasteiger partial charge is 0.319 e. The van der Waals surface area contributed by atoms with Crippen LogP contribution in [-0.4, -0.2) is 31.1 Å². The Hall–Kier alpha value is -2.54. The summed E-state index contributed by atoms with van der Waals surface area (Å²) in [5.41, 5.74) is 2.16. The van der Waals surface area contributed by atoms with Gasteiger partial charge in [-0.25, -0.2) is 4.79 Å². The van der Waals surface area contributed by atoms with E-state index in [0.29, 0.717) is 17.0 Å². The fourth-order valence-electron chi connectivity index (χ4n) is 2.64. The van der Waals surface area contributed by atoms with Gasteiger partial charge in [0, 0.05) is 17.6 Å². The van der Waals surface area contributed by atoms with Crippen molar-refractivity contribution in [2.24, 2.45) is 0 Å². The molecule has 2 aromatic rings. The number of carbonyl (C=O) groups excluding carboxylic acids is 2. The van der Waals surface area contributed by atoms with Crippen molar-refractivity contribution in [3.05, 3.63) is 46.2 Å². The van der Waals surface area contributed by atoms with Gasteiger partial charge in [0.25, 0.3) is 5.91 Å². The fourth-order valence-corrected chi connectivity index (χ4v) is 3.32. The molecular formula is C19H23N3O3S. The number of rotatable bonds is 7. The summed E-state index contributed by atoms with van der Waals surface area (Å²) < 4.78 is 5.29. The molecule has 1 aliphatic carbocycles. The summed E-state index contributed by atoms with van der Waals surface area (Å²) >= 11 is 1.64. The number of nitrogens with one attached hydrogen (secondary N) is 3. The minimum absolute atomic E-state index is 0.0167. The maximum atomic E-state index is 12.3. The third-order valence-corrected chi connectivity index (χ3v) is 4.85. The van der Waals surface area contributed by atoms with Crippen LogP contribution in [0, 0.1) is 0 Å². The molecule has 138 valence electrons. The second kappa shape index (κ2) is 8.23. The van der Waals surface area contributed by atoms with Crippen molar-refractivity contribution >= 4 is 29.0 Å². The molecule has 6 nitrogen and oxygen atoms in total. The molecular weight excluding hydrogens is 350 g/mol. The number of ether oxygens (including phenoxy) is 1. The highest BCUT2D eigenvalue weighted by Gasteiger charge is 2.24. The van der Waals surface area contributed by atoms with E-state index in [1.54, 1.807) is 29.5 Å². The largest absolute Gasteiger partial charge is 0.495 e. The van der Waals surface area contributed by atoms with E-state index in [9.17, 15) is 9.59 Å². The number of hydrogen-bond donors (Lipinski definition) is 3. The SMILES string of the molecule is COc1ccc(C(=O)NC2CC2)cc1NC(=O)NC(C)Cc1ccsc1. The van der Waals surface area contributed by atoms with Crippen molar-refractivity contribution in [3.63, 3.8) is 0 Å². The Bertz CT molecular complexity index is 772. The number of urea groups is 1. The molecule has 0 radical (unpaired) electrons. The second-order valence-electron chi connectivity index (χ2n) is 6.50. The van der Waals surface area contributed by atoms with Gasteiger partial charge < -0.3 is 20.7 Å². The molecule has 1 unspecified atom stereocenters. The molecule has 1 atom stereocenters. The number of anilines is 1. The number of methoxy groups -OCH3 is 1. The molecule has 7 heteroatoms. The maximum absolute atomic E-state index is 12.3. The summed E-state index contributed by atoms with van der Waals surface area (Å²) in [5.74, 6) is 0.373. The van der Waals surface area contributed by atoms with Gasteiger partial charge in [-0.15, -0.1) is 0 Å². The Balaban J connectivity index is 1.62. The van der Waals surface area contributed by atoms with Crippen LogP contribution in [0.25, 0.3) is 0 Å². The molecule has 0 bridgehead atoms. The van der Waals surface area contributed by atoms with E-state index >= 15 is 0 Å². The summed E-state index contributed by atoms with van der Waals surface area (Å²) in [7, 11) is 1.53. The molecule has 3 rings (SSSR count). The highest BCUT2D eigenvalue weighted by molar-refractivity contribution is 7.07. The zero-order chi connectivity index (χ0) is 18.5. The first-order valence-electron chi connectivity index (χ1n) is 8.62. The van der Waals surface area contributed by atoms with Gasteiger partial charge >= 0.3 is 6.03 Å². The maximum Gasteiger partial charge on any atom is 0.319 e. The molecule has 1 aromatic heterocycles. The minimum Gasteiger partial charge on any atom is -0.495 e. The quantitative estimate of drug-likeness (QED) is 0.696. The van der Waals surface area contributed by atoms with Crippen LogP contribution in [0.1, 0.15) is 35.7 Å². The monoisotopic (exact) mass is 373 g/mol. The Kier molecular flexibility index (Phi) is 5.78. The van der Waals surface area contributed by atoms with E-state index in [1.807, 2.05) is 18.4 Å². The highest BCUT2D eigenvalue weighted by atomic mass is 32.1. The third kappa shape index (κ3) is 4.98. The number of benzene rings is 1. The van der Waals surface area contributed by atoms with Crippen LogP contribution in [0.3, 0.4) is 0 Å². The van der Waals surface area contributed by atoms with Crippen LogP contribution < -0.4 is 20.7 Å². The molecule has 1 saturated carbocycles. The van der Waals surface area contributed by atoms with E-state index in [4.69, 9.17) is 4.74 Å². The molecule has 1 aromatic carbocycles. The average molecular weight is 373 g/mol. The number of amides is 3. The third-order valence-electron chi connectivity index (χ3n) is 4.12. The van der Waals surface area contributed by atoms with Crippen LogP contribution in [0.5, 0.6) is 5.75 Å². The molecule has 26 heavy (non-hydrogen) atoms. The lowest BCUT2D eigenvalue weighted by Gasteiger charge is -2.16. The van der Waals surface area contributed by atoms with Crippen molar-refractivity contribution in [2.75, 3.05) is 12.4 Å². The fraction of sp³-hybridized carbons (Fsp3) is 0.368. The molecule has 1 heterocycles. The lowest BCUT2D eigenvalue weighted by Crippen LogP contribution is -2.37. The van der Waals surface area contributed by atoms with Gasteiger partial charge in [-0.3, -0.25) is 4.79 Å². The minimum atomic E-state index is -0.328. The van der Waals surface area contributed by atoms with Gasteiger partial charge in [0.15, 0.2) is 0 Å². The zero-order valence-electron chi connectivity index (χ0n) is 14.9. The Labute approximate surface area is 156 Å². The van der Waals surface area contributed by atoms with E-state index in [-0.39, 0.29) is 24.0 Å². The van der Waals surface area contributed by atoms with E-state index in [0.717, 1.165) is 19.3 Å². The van der Waals surface area contributed by atoms with Gasteiger partial charge in [-0.05, 0) is 66.8 Å². The van der Waals surface area contributed by atoms with Gasteiger partial charge in [-0.1, -0.05) is 0 Å². The van der Waals surface area contributed by atoms with Crippen LogP contribution in [0.4, 0.5) is 10.5 Å². The summed E-state index contributed by atoms with van der Waals surface area (Å²) in [5, 5.41) is 12.7. The van der Waals surface area contributed by atoms with Crippen LogP contribution in [0.2, 0.25) is 0 Å². The average Bonchev–Trinajstić information content (AvgIpc) is 3.27. The summed E-state index contributed by atoms with van der Waals surface area (Å²) in [6.45, 7) is 1.95. The van der Waals surface area contributed by atoms with E-state index in [1.165, 1.54) is 12.7 Å². The lowest BCUT2D eigenvalue weighted by molar-refractivity contribution is 0.0951. The number of thiophene rings is 1. The van der Waals surface area contributed by atoms with Crippen molar-refractivity contribution in [3.8, 4) is 5.75 Å². The van der Waals surface area contributed by atoms with Gasteiger partial charge in [0.1, 0.15) is 5.75 Å². The van der Waals surface area contributed by atoms with Crippen molar-refractivity contribution in [1.82, 2.24) is 10.6 Å². The lowest BCUT2D eigenvalue weighted by atomic mass is 10.1. The molecule has 0 spiro atoms. The predicted octanol–water partition coefficient (Wildman–Crippen LogP) is 3.40. The Morgan fingerprint density at radius 3 is 2.77 bits per heavy atom. The Morgan fingerprint density at radius 1 is 1.31 bits per heavy atom. The van der Waals surface area contributed by atoms with Gasteiger partial charge in [-0.2, -0.15) is 11.3 Å².